The van der Waals surface area contributed by atoms with Gasteiger partial charge in [-0.1, -0.05) is 0 Å². The maximum Gasteiger partial charge on any atom is 0.261 e. The van der Waals surface area contributed by atoms with E-state index in [2.05, 4.69) is 6.07 Å². The second-order valence-electron chi connectivity index (χ2n) is 6.38. The summed E-state index contributed by atoms with van der Waals surface area (Å²) in [5.74, 6) is -0.974. The van der Waals surface area contributed by atoms with Crippen molar-refractivity contribution in [1.29, 1.82) is 5.26 Å². The highest BCUT2D eigenvalue weighted by atomic mass is 32.2. The molecule has 24 heavy (non-hydrogen) atoms. The highest BCUT2D eigenvalue weighted by Crippen LogP contribution is 2.44. The molecule has 0 N–H and O–H groups in total. The predicted octanol–water partition coefficient (Wildman–Crippen LogP) is 1.23. The molecule has 2 aliphatic rings. The molecule has 1 unspecified atom stereocenters. The van der Waals surface area contributed by atoms with Gasteiger partial charge in [0, 0.05) is 14.1 Å². The van der Waals surface area contributed by atoms with Crippen LogP contribution >= 0.6 is 0 Å². The molecular formula is C16H17N3O4S. The minimum absolute atomic E-state index is 0.00560. The summed E-state index contributed by atoms with van der Waals surface area (Å²) < 4.78 is 26.9. The van der Waals surface area contributed by atoms with E-state index in [0.29, 0.717) is 0 Å². The fourth-order valence-corrected chi connectivity index (χ4v) is 4.49. The minimum atomic E-state index is -3.96. The van der Waals surface area contributed by atoms with E-state index in [1.165, 1.54) is 32.3 Å². The van der Waals surface area contributed by atoms with Crippen LogP contribution in [-0.2, 0) is 10.0 Å². The second kappa shape index (κ2) is 5.13. The lowest BCUT2D eigenvalue weighted by molar-refractivity contribution is 0.0693. The summed E-state index contributed by atoms with van der Waals surface area (Å²) in [7, 11) is -1.23. The molecule has 1 aromatic carbocycles. The first kappa shape index (κ1) is 16.6. The second-order valence-corrected chi connectivity index (χ2v) is 8.35. The number of nitriles is 1. The Morgan fingerprint density at radius 1 is 1.25 bits per heavy atom. The van der Waals surface area contributed by atoms with Crippen LogP contribution in [-0.4, -0.2) is 49.1 Å². The van der Waals surface area contributed by atoms with Gasteiger partial charge in [-0.2, -0.15) is 9.57 Å². The van der Waals surface area contributed by atoms with Gasteiger partial charge in [-0.3, -0.25) is 14.5 Å². The topological polar surface area (TPSA) is 98.6 Å². The van der Waals surface area contributed by atoms with Crippen molar-refractivity contribution in [3.63, 3.8) is 0 Å². The van der Waals surface area contributed by atoms with Gasteiger partial charge in [-0.05, 0) is 43.9 Å². The molecule has 0 aromatic heterocycles. The van der Waals surface area contributed by atoms with Crippen LogP contribution in [0.1, 0.15) is 40.5 Å². The van der Waals surface area contributed by atoms with Crippen molar-refractivity contribution in [3.8, 4) is 6.07 Å². The maximum absolute atomic E-state index is 12.9. The Kier molecular flexibility index (Phi) is 3.55. The molecule has 1 heterocycles. The lowest BCUT2D eigenvalue weighted by Gasteiger charge is -2.32. The Hall–Kier alpha value is -2.24. The van der Waals surface area contributed by atoms with Crippen molar-refractivity contribution < 1.29 is 18.0 Å². The molecule has 1 fully saturated rings. The molecule has 1 aliphatic heterocycles. The number of benzene rings is 1. The number of carbonyl (C=O) groups is 2. The first-order valence-corrected chi connectivity index (χ1v) is 8.95. The number of nitrogens with zero attached hydrogens (tertiary/aromatic N) is 3. The lowest BCUT2D eigenvalue weighted by atomic mass is 9.99. The van der Waals surface area contributed by atoms with Gasteiger partial charge in [0.1, 0.15) is 5.54 Å². The number of imide groups is 1. The van der Waals surface area contributed by atoms with E-state index >= 15 is 0 Å². The molecule has 0 bridgehead atoms. The summed E-state index contributed by atoms with van der Waals surface area (Å²) in [4.78, 5) is 24.8. The van der Waals surface area contributed by atoms with Crippen LogP contribution < -0.4 is 0 Å². The number of hydrogen-bond acceptors (Lipinski definition) is 5. The Labute approximate surface area is 140 Å². The van der Waals surface area contributed by atoms with Gasteiger partial charge in [0.2, 0.25) is 10.0 Å². The normalized spacial score (nSPS) is 20.0. The first-order valence-electron chi connectivity index (χ1n) is 7.51. The Bertz CT molecular complexity index is 898. The number of rotatable bonds is 4. The number of fused-ring (bicyclic) bond motifs is 1. The van der Waals surface area contributed by atoms with Crippen LogP contribution in [0.5, 0.6) is 0 Å². The van der Waals surface area contributed by atoms with Crippen LogP contribution in [0.15, 0.2) is 23.1 Å². The van der Waals surface area contributed by atoms with Crippen molar-refractivity contribution in [3.05, 3.63) is 29.3 Å². The van der Waals surface area contributed by atoms with Gasteiger partial charge in [0.05, 0.1) is 22.1 Å². The summed E-state index contributed by atoms with van der Waals surface area (Å²) in [5.41, 5.74) is -0.870. The largest absolute Gasteiger partial charge is 0.277 e. The number of sulfonamides is 1. The van der Waals surface area contributed by atoms with Crippen LogP contribution in [0.25, 0.3) is 0 Å². The maximum atomic E-state index is 12.9. The van der Waals surface area contributed by atoms with E-state index in [1.54, 1.807) is 6.92 Å². The summed E-state index contributed by atoms with van der Waals surface area (Å²) in [6.07, 6.45) is 1.62. The summed E-state index contributed by atoms with van der Waals surface area (Å²) in [6, 6.07) is 5.98. The summed E-state index contributed by atoms with van der Waals surface area (Å²) in [6.45, 7) is 1.61. The van der Waals surface area contributed by atoms with Gasteiger partial charge < -0.3 is 0 Å². The highest BCUT2D eigenvalue weighted by Gasteiger charge is 2.49. The van der Waals surface area contributed by atoms with Gasteiger partial charge in [-0.25, -0.2) is 8.42 Å². The van der Waals surface area contributed by atoms with Crippen molar-refractivity contribution in [2.24, 2.45) is 5.92 Å². The van der Waals surface area contributed by atoms with Crippen LogP contribution in [0, 0.1) is 17.2 Å². The zero-order chi connectivity index (χ0) is 17.9. The Morgan fingerprint density at radius 3 is 2.38 bits per heavy atom. The van der Waals surface area contributed by atoms with E-state index in [9.17, 15) is 23.3 Å². The van der Waals surface area contributed by atoms with Crippen molar-refractivity contribution >= 4 is 21.8 Å². The number of carbonyl (C=O) groups excluding carboxylic acids is 2. The van der Waals surface area contributed by atoms with E-state index < -0.39 is 27.4 Å². The molecule has 1 saturated carbocycles. The molecule has 3 rings (SSSR count). The molecule has 1 aliphatic carbocycles. The third-order valence-electron chi connectivity index (χ3n) is 4.97. The van der Waals surface area contributed by atoms with Crippen LogP contribution in [0.3, 0.4) is 0 Å². The van der Waals surface area contributed by atoms with Crippen molar-refractivity contribution in [2.45, 2.75) is 30.2 Å². The molecule has 0 spiro atoms. The average molecular weight is 347 g/mol. The molecular weight excluding hydrogens is 330 g/mol. The summed E-state index contributed by atoms with van der Waals surface area (Å²) >= 11 is 0. The first-order chi connectivity index (χ1) is 11.1. The molecule has 126 valence electrons. The van der Waals surface area contributed by atoms with E-state index in [0.717, 1.165) is 22.0 Å². The molecule has 1 atom stereocenters. The SMILES string of the molecule is CN1C(=O)c2ccc(S(=O)(=O)N(C)C(C)(C#N)C3CC3)cc2C1=O. The van der Waals surface area contributed by atoms with Crippen LogP contribution in [0.4, 0.5) is 0 Å². The predicted molar refractivity (Wildman–Crippen MR) is 84.6 cm³/mol. The Morgan fingerprint density at radius 2 is 1.83 bits per heavy atom. The van der Waals surface area contributed by atoms with E-state index in [4.69, 9.17) is 0 Å². The zero-order valence-electron chi connectivity index (χ0n) is 13.6. The van der Waals surface area contributed by atoms with Gasteiger partial charge >= 0.3 is 0 Å². The highest BCUT2D eigenvalue weighted by molar-refractivity contribution is 7.89. The van der Waals surface area contributed by atoms with Gasteiger partial charge in [0.25, 0.3) is 11.8 Å². The molecule has 0 radical (unpaired) electrons. The molecule has 8 heteroatoms. The third-order valence-corrected chi connectivity index (χ3v) is 6.92. The van der Waals surface area contributed by atoms with Gasteiger partial charge in [0.15, 0.2) is 0 Å². The quantitative estimate of drug-likeness (QED) is 0.763. The monoisotopic (exact) mass is 347 g/mol. The van der Waals surface area contributed by atoms with Gasteiger partial charge in [-0.15, -0.1) is 0 Å². The van der Waals surface area contributed by atoms with Crippen molar-refractivity contribution in [2.75, 3.05) is 14.1 Å². The number of hydrogen-bond donors (Lipinski definition) is 0. The average Bonchev–Trinajstić information content (AvgIpc) is 3.40. The zero-order valence-corrected chi connectivity index (χ0v) is 14.4. The smallest absolute Gasteiger partial charge is 0.261 e. The van der Waals surface area contributed by atoms with Crippen LogP contribution in [0.2, 0.25) is 0 Å². The van der Waals surface area contributed by atoms with Crippen molar-refractivity contribution in [1.82, 2.24) is 9.21 Å². The fourth-order valence-electron chi connectivity index (χ4n) is 2.97. The van der Waals surface area contributed by atoms with E-state index in [-0.39, 0.29) is 21.9 Å². The third kappa shape index (κ3) is 2.16. The summed E-state index contributed by atoms with van der Waals surface area (Å²) in [5, 5.41) is 9.48. The molecule has 0 saturated heterocycles. The van der Waals surface area contributed by atoms with E-state index in [1.807, 2.05) is 0 Å². The minimum Gasteiger partial charge on any atom is -0.277 e. The standard InChI is InChI=1S/C16H17N3O4S/c1-16(9-17,10-4-5-10)19(3)24(22,23)11-6-7-12-13(8-11)15(21)18(2)14(12)20/h6-8,10H,4-5H2,1-3H3. The lowest BCUT2D eigenvalue weighted by Crippen LogP contribution is -2.47. The molecule has 7 nitrogen and oxygen atoms in total. The Balaban J connectivity index is 2.05. The molecule has 2 amide bonds. The fraction of sp³-hybridized carbons (Fsp3) is 0.438. The number of amides is 2. The molecule has 1 aromatic rings.